The molecule has 2 heterocycles. The number of nitrogens with one attached hydrogen (secondary N) is 2. The largest absolute Gasteiger partial charge is 0.364 e. The fourth-order valence-corrected chi connectivity index (χ4v) is 4.46. The average Bonchev–Trinajstić information content (AvgIpc) is 3.38. The molecule has 2 aromatic carbocycles. The highest BCUT2D eigenvalue weighted by Gasteiger charge is 2.24. The number of likely N-dealkylation sites (tertiary alicyclic amines) is 1. The third kappa shape index (κ3) is 6.48. The Hall–Kier alpha value is -2.06. The minimum Gasteiger partial charge on any atom is -0.364 e. The van der Waals surface area contributed by atoms with E-state index in [9.17, 15) is 0 Å². The Morgan fingerprint density at radius 2 is 1.66 bits per heavy atom. The van der Waals surface area contributed by atoms with Gasteiger partial charge in [0.1, 0.15) is 0 Å². The number of aliphatic imine (C=N–C) groups is 1. The molecule has 2 aliphatic heterocycles. The summed E-state index contributed by atoms with van der Waals surface area (Å²) >= 11 is 0. The van der Waals surface area contributed by atoms with Crippen LogP contribution in [0.1, 0.15) is 36.9 Å². The van der Waals surface area contributed by atoms with Gasteiger partial charge < -0.3 is 15.5 Å². The molecule has 4 rings (SSSR count). The van der Waals surface area contributed by atoms with Crippen molar-refractivity contribution in [3.05, 3.63) is 77.9 Å². The van der Waals surface area contributed by atoms with E-state index < -0.39 is 0 Å². The van der Waals surface area contributed by atoms with Gasteiger partial charge in [0.2, 0.25) is 0 Å². The van der Waals surface area contributed by atoms with Gasteiger partial charge in [-0.3, -0.25) is 9.89 Å². The first-order valence-electron chi connectivity index (χ1n) is 11.5. The number of anilines is 1. The minimum atomic E-state index is 0. The van der Waals surface area contributed by atoms with Crippen LogP contribution in [0.4, 0.5) is 5.69 Å². The van der Waals surface area contributed by atoms with Gasteiger partial charge in [0.05, 0.1) is 0 Å². The molecule has 0 radical (unpaired) electrons. The van der Waals surface area contributed by atoms with E-state index in [4.69, 9.17) is 0 Å². The van der Waals surface area contributed by atoms with Crippen LogP contribution in [0.3, 0.4) is 0 Å². The summed E-state index contributed by atoms with van der Waals surface area (Å²) in [6.07, 6.45) is 6.71. The van der Waals surface area contributed by atoms with E-state index in [2.05, 4.69) is 99.1 Å². The molecule has 172 valence electrons. The predicted octanol–water partition coefficient (Wildman–Crippen LogP) is 4.57. The lowest BCUT2D eigenvalue weighted by molar-refractivity contribution is 0.158. The summed E-state index contributed by atoms with van der Waals surface area (Å²) < 4.78 is 0. The number of piperidine rings is 1. The van der Waals surface area contributed by atoms with Crippen LogP contribution in [0.5, 0.6) is 0 Å². The number of halogens is 1. The molecule has 0 saturated carbocycles. The fraction of sp³-hybridized carbons (Fsp3) is 0.423. The summed E-state index contributed by atoms with van der Waals surface area (Å²) in [4.78, 5) is 9.39. The topological polar surface area (TPSA) is 42.9 Å². The van der Waals surface area contributed by atoms with Crippen molar-refractivity contribution in [2.75, 3.05) is 38.1 Å². The van der Waals surface area contributed by atoms with Crippen molar-refractivity contribution in [1.82, 2.24) is 15.5 Å². The molecule has 5 nitrogen and oxygen atoms in total. The Balaban J connectivity index is 0.00000289. The number of nitrogens with zero attached hydrogens (tertiary/aromatic N) is 3. The molecule has 0 amide bonds. The molecule has 2 N–H and O–H groups in total. The van der Waals surface area contributed by atoms with Crippen LogP contribution in [0.2, 0.25) is 0 Å². The highest BCUT2D eigenvalue weighted by molar-refractivity contribution is 14.0. The van der Waals surface area contributed by atoms with Gasteiger partial charge in [-0.25, -0.2) is 0 Å². The Kier molecular flexibility index (Phi) is 9.41. The lowest BCUT2D eigenvalue weighted by Gasteiger charge is -2.37. The molecule has 1 saturated heterocycles. The molecule has 2 aromatic rings. The third-order valence-corrected chi connectivity index (χ3v) is 6.50. The molecular formula is C26H36IN5. The van der Waals surface area contributed by atoms with Crippen molar-refractivity contribution in [3.63, 3.8) is 0 Å². The van der Waals surface area contributed by atoms with Crippen molar-refractivity contribution in [2.24, 2.45) is 4.99 Å². The predicted molar refractivity (Wildman–Crippen MR) is 146 cm³/mol. The molecule has 0 spiro atoms. The van der Waals surface area contributed by atoms with Crippen molar-refractivity contribution >= 4 is 35.6 Å². The zero-order valence-corrected chi connectivity index (χ0v) is 21.5. The lowest BCUT2D eigenvalue weighted by atomic mass is 10.0. The zero-order chi connectivity index (χ0) is 21.5. The quantitative estimate of drug-likeness (QED) is 0.242. The second-order valence-electron chi connectivity index (χ2n) is 8.51. The summed E-state index contributed by atoms with van der Waals surface area (Å²) in [6, 6.07) is 20.6. The summed E-state index contributed by atoms with van der Waals surface area (Å²) in [5.74, 6) is 0.891. The van der Waals surface area contributed by atoms with Gasteiger partial charge >= 0.3 is 0 Å². The highest BCUT2D eigenvalue weighted by Crippen LogP contribution is 2.24. The van der Waals surface area contributed by atoms with Crippen LogP contribution in [0.25, 0.3) is 0 Å². The van der Waals surface area contributed by atoms with E-state index in [0.29, 0.717) is 12.1 Å². The Bertz CT molecular complexity index is 865. The van der Waals surface area contributed by atoms with Crippen molar-refractivity contribution in [2.45, 2.75) is 38.4 Å². The molecule has 1 unspecified atom stereocenters. The van der Waals surface area contributed by atoms with Gasteiger partial charge in [-0.1, -0.05) is 54.6 Å². The van der Waals surface area contributed by atoms with Crippen LogP contribution in [-0.4, -0.2) is 50.1 Å². The van der Waals surface area contributed by atoms with Crippen LogP contribution < -0.4 is 15.5 Å². The molecule has 0 aromatic heterocycles. The maximum Gasteiger partial charge on any atom is 0.191 e. The molecule has 2 aliphatic rings. The Labute approximate surface area is 210 Å². The molecule has 0 aliphatic carbocycles. The molecule has 6 heteroatoms. The average molecular weight is 546 g/mol. The van der Waals surface area contributed by atoms with Gasteiger partial charge in [0.15, 0.2) is 5.96 Å². The Morgan fingerprint density at radius 3 is 2.28 bits per heavy atom. The minimum absolute atomic E-state index is 0. The van der Waals surface area contributed by atoms with Gasteiger partial charge in [-0.05, 0) is 43.0 Å². The number of guanidine groups is 1. The molecular weight excluding hydrogens is 509 g/mol. The fourth-order valence-electron chi connectivity index (χ4n) is 4.46. The van der Waals surface area contributed by atoms with Crippen LogP contribution >= 0.6 is 24.0 Å². The standard InChI is InChI=1S/C26H35N5.HI/c1-21(23-8-4-3-5-9-23)30-18-14-24(15-19-30)29-26(27-2)28-20-22-10-12-25(13-11-22)31-16-6-7-17-31;/h3-13,21,24H,14-20H2,1-2H3,(H2,27,28,29);1H. The van der Waals surface area contributed by atoms with Gasteiger partial charge in [-0.2, -0.15) is 0 Å². The molecule has 0 bridgehead atoms. The first kappa shape index (κ1) is 24.6. The monoisotopic (exact) mass is 545 g/mol. The van der Waals surface area contributed by atoms with Gasteiger partial charge in [0.25, 0.3) is 0 Å². The molecule has 32 heavy (non-hydrogen) atoms. The van der Waals surface area contributed by atoms with Gasteiger partial charge in [0, 0.05) is 57.5 Å². The molecule has 1 fully saturated rings. The first-order valence-corrected chi connectivity index (χ1v) is 11.5. The van der Waals surface area contributed by atoms with E-state index in [1.165, 1.54) is 16.8 Å². The maximum absolute atomic E-state index is 4.44. The zero-order valence-electron chi connectivity index (χ0n) is 19.2. The number of rotatable bonds is 6. The van der Waals surface area contributed by atoms with Crippen LogP contribution in [0.15, 0.2) is 71.7 Å². The van der Waals surface area contributed by atoms with Crippen molar-refractivity contribution < 1.29 is 0 Å². The summed E-state index contributed by atoms with van der Waals surface area (Å²) in [6.45, 7) is 7.33. The van der Waals surface area contributed by atoms with E-state index in [1.807, 2.05) is 7.05 Å². The van der Waals surface area contributed by atoms with Crippen molar-refractivity contribution in [3.8, 4) is 0 Å². The lowest BCUT2D eigenvalue weighted by Crippen LogP contribution is -2.48. The first-order chi connectivity index (χ1) is 15.2. The van der Waals surface area contributed by atoms with Crippen LogP contribution in [0, 0.1) is 0 Å². The summed E-state index contributed by atoms with van der Waals surface area (Å²) in [5.41, 5.74) is 3.96. The highest BCUT2D eigenvalue weighted by atomic mass is 127. The molecule has 1 atom stereocenters. The van der Waals surface area contributed by atoms with E-state index >= 15 is 0 Å². The normalized spacial score (nSPS) is 18.3. The second kappa shape index (κ2) is 12.3. The smallest absolute Gasteiger partial charge is 0.191 e. The number of hydrogen-bond acceptors (Lipinski definition) is 3. The third-order valence-electron chi connectivity index (χ3n) is 6.50. The van der Waals surface area contributed by atoms with Crippen LogP contribution in [-0.2, 0) is 6.54 Å². The second-order valence-corrected chi connectivity index (χ2v) is 8.51. The number of benzene rings is 2. The van der Waals surface area contributed by atoms with E-state index in [0.717, 1.165) is 51.5 Å². The maximum atomic E-state index is 4.44. The van der Waals surface area contributed by atoms with E-state index in [1.54, 1.807) is 0 Å². The SMILES string of the molecule is CN=C(NCc1ccc(N2CC=CC2)cc1)NC1CCN(C(C)c2ccccc2)CC1.I. The number of hydrogen-bond donors (Lipinski definition) is 2. The van der Waals surface area contributed by atoms with Crippen molar-refractivity contribution in [1.29, 1.82) is 0 Å². The Morgan fingerprint density at radius 1 is 1.00 bits per heavy atom. The summed E-state index contributed by atoms with van der Waals surface area (Å²) in [5, 5.41) is 7.11. The summed E-state index contributed by atoms with van der Waals surface area (Å²) in [7, 11) is 1.85. The van der Waals surface area contributed by atoms with Gasteiger partial charge in [-0.15, -0.1) is 24.0 Å². The van der Waals surface area contributed by atoms with E-state index in [-0.39, 0.29) is 24.0 Å².